The van der Waals surface area contributed by atoms with Crippen molar-refractivity contribution in [2.45, 2.75) is 24.1 Å². The minimum Gasteiger partial charge on any atom is -0.463 e. The predicted octanol–water partition coefficient (Wildman–Crippen LogP) is 2.59. The number of carbonyl (C=O) groups excluding carboxylic acids is 2. The second-order valence-corrected chi connectivity index (χ2v) is 4.56. The SMILES string of the molecule is COC(=O)C(=O)C(Cl)c1ccccc1C1CC1. The first-order chi connectivity index (χ1) is 8.15. The Bertz CT molecular complexity index is 452. The molecule has 0 saturated heterocycles. The summed E-state index contributed by atoms with van der Waals surface area (Å²) in [6.07, 6.45) is 2.24. The zero-order valence-electron chi connectivity index (χ0n) is 9.48. The molecule has 2 rings (SSSR count). The topological polar surface area (TPSA) is 43.4 Å². The van der Waals surface area contributed by atoms with E-state index < -0.39 is 17.1 Å². The van der Waals surface area contributed by atoms with Crippen LogP contribution in [0.3, 0.4) is 0 Å². The summed E-state index contributed by atoms with van der Waals surface area (Å²) in [6.45, 7) is 0. The normalized spacial score (nSPS) is 16.4. The van der Waals surface area contributed by atoms with Gasteiger partial charge in [-0.3, -0.25) is 4.79 Å². The molecule has 1 fully saturated rings. The van der Waals surface area contributed by atoms with E-state index in [0.717, 1.165) is 24.0 Å². The minimum atomic E-state index is -0.945. The first kappa shape index (κ1) is 12.1. The average Bonchev–Trinajstić information content (AvgIpc) is 3.20. The molecule has 1 unspecified atom stereocenters. The number of carbonyl (C=O) groups is 2. The summed E-state index contributed by atoms with van der Waals surface area (Å²) in [5.74, 6) is -1.12. The molecule has 3 nitrogen and oxygen atoms in total. The number of benzene rings is 1. The van der Waals surface area contributed by atoms with Gasteiger partial charge in [0.15, 0.2) is 0 Å². The van der Waals surface area contributed by atoms with Crippen molar-refractivity contribution in [1.29, 1.82) is 0 Å². The Morgan fingerprint density at radius 1 is 1.35 bits per heavy atom. The van der Waals surface area contributed by atoms with Crippen molar-refractivity contribution >= 4 is 23.4 Å². The Kier molecular flexibility index (Phi) is 3.48. The molecule has 0 radical (unpaired) electrons. The maximum atomic E-state index is 11.7. The third kappa shape index (κ3) is 2.50. The van der Waals surface area contributed by atoms with Crippen LogP contribution >= 0.6 is 11.6 Å². The molecule has 0 aliphatic heterocycles. The summed E-state index contributed by atoms with van der Waals surface area (Å²) in [4.78, 5) is 22.8. The number of esters is 1. The number of halogens is 1. The quantitative estimate of drug-likeness (QED) is 0.470. The average molecular weight is 253 g/mol. The summed E-state index contributed by atoms with van der Waals surface area (Å²) in [5, 5.41) is -0.945. The van der Waals surface area contributed by atoms with Crippen molar-refractivity contribution in [3.05, 3.63) is 35.4 Å². The molecule has 1 aromatic rings. The highest BCUT2D eigenvalue weighted by atomic mass is 35.5. The third-order valence-electron chi connectivity index (χ3n) is 2.90. The Morgan fingerprint density at radius 3 is 2.59 bits per heavy atom. The molecular formula is C13H13ClO3. The zero-order valence-corrected chi connectivity index (χ0v) is 10.2. The molecule has 0 spiro atoms. The molecule has 0 amide bonds. The van der Waals surface area contributed by atoms with Gasteiger partial charge in [0.2, 0.25) is 0 Å². The molecule has 1 atom stereocenters. The fraction of sp³-hybridized carbons (Fsp3) is 0.385. The van der Waals surface area contributed by atoms with Crippen molar-refractivity contribution < 1.29 is 14.3 Å². The minimum absolute atomic E-state index is 0.484. The summed E-state index contributed by atoms with van der Waals surface area (Å²) in [6, 6.07) is 7.50. The molecule has 4 heteroatoms. The molecule has 1 aromatic carbocycles. The summed E-state index contributed by atoms with van der Waals surface area (Å²) in [5.41, 5.74) is 1.80. The van der Waals surface area contributed by atoms with Gasteiger partial charge in [0.05, 0.1) is 7.11 Å². The first-order valence-corrected chi connectivity index (χ1v) is 5.94. The largest absolute Gasteiger partial charge is 0.463 e. The van der Waals surface area contributed by atoms with Crippen LogP contribution in [-0.4, -0.2) is 18.9 Å². The van der Waals surface area contributed by atoms with E-state index in [4.69, 9.17) is 11.6 Å². The van der Waals surface area contributed by atoms with Crippen molar-refractivity contribution in [1.82, 2.24) is 0 Å². The lowest BCUT2D eigenvalue weighted by Crippen LogP contribution is -2.21. The van der Waals surface area contributed by atoms with Crippen molar-refractivity contribution in [3.8, 4) is 0 Å². The van der Waals surface area contributed by atoms with Crippen LogP contribution in [0.15, 0.2) is 24.3 Å². The van der Waals surface area contributed by atoms with Crippen LogP contribution in [0.25, 0.3) is 0 Å². The fourth-order valence-corrected chi connectivity index (χ4v) is 2.14. The summed E-state index contributed by atoms with van der Waals surface area (Å²) < 4.78 is 4.40. The van der Waals surface area contributed by atoms with Crippen LogP contribution in [0, 0.1) is 0 Å². The van der Waals surface area contributed by atoms with Gasteiger partial charge in [-0.05, 0) is 29.9 Å². The van der Waals surface area contributed by atoms with Crippen LogP contribution in [0.1, 0.15) is 35.3 Å². The Labute approximate surface area is 105 Å². The molecule has 1 saturated carbocycles. The van der Waals surface area contributed by atoms with E-state index in [1.807, 2.05) is 18.2 Å². The van der Waals surface area contributed by atoms with Crippen molar-refractivity contribution in [2.24, 2.45) is 0 Å². The van der Waals surface area contributed by atoms with Gasteiger partial charge < -0.3 is 4.74 Å². The molecule has 0 heterocycles. The van der Waals surface area contributed by atoms with Gasteiger partial charge in [-0.2, -0.15) is 0 Å². The number of ketones is 1. The van der Waals surface area contributed by atoms with Gasteiger partial charge in [-0.1, -0.05) is 24.3 Å². The number of rotatable bonds is 4. The fourth-order valence-electron chi connectivity index (χ4n) is 1.85. The second-order valence-electron chi connectivity index (χ2n) is 4.12. The predicted molar refractivity (Wildman–Crippen MR) is 64.0 cm³/mol. The number of hydrogen-bond donors (Lipinski definition) is 0. The number of hydrogen-bond acceptors (Lipinski definition) is 3. The molecule has 0 aromatic heterocycles. The Morgan fingerprint density at radius 2 is 2.00 bits per heavy atom. The highest BCUT2D eigenvalue weighted by molar-refractivity contribution is 6.47. The maximum absolute atomic E-state index is 11.7. The van der Waals surface area contributed by atoms with Gasteiger partial charge in [0.1, 0.15) is 5.38 Å². The molecule has 1 aliphatic rings. The van der Waals surface area contributed by atoms with Gasteiger partial charge in [0, 0.05) is 0 Å². The van der Waals surface area contributed by atoms with Crippen LogP contribution in [0.5, 0.6) is 0 Å². The second kappa shape index (κ2) is 4.88. The molecule has 1 aliphatic carbocycles. The monoisotopic (exact) mass is 252 g/mol. The lowest BCUT2D eigenvalue weighted by molar-refractivity contribution is -0.151. The lowest BCUT2D eigenvalue weighted by atomic mass is 9.98. The first-order valence-electron chi connectivity index (χ1n) is 5.50. The van der Waals surface area contributed by atoms with E-state index in [0.29, 0.717) is 5.92 Å². The van der Waals surface area contributed by atoms with Crippen molar-refractivity contribution in [2.75, 3.05) is 7.11 Å². The Balaban J connectivity index is 2.27. The number of ether oxygens (including phenoxy) is 1. The number of alkyl halides is 1. The van der Waals surface area contributed by atoms with E-state index in [1.54, 1.807) is 6.07 Å². The van der Waals surface area contributed by atoms with E-state index in [2.05, 4.69) is 4.74 Å². The summed E-state index contributed by atoms with van der Waals surface area (Å²) >= 11 is 6.06. The highest BCUT2D eigenvalue weighted by Gasteiger charge is 2.32. The van der Waals surface area contributed by atoms with Gasteiger partial charge in [-0.15, -0.1) is 11.6 Å². The van der Waals surface area contributed by atoms with E-state index in [-0.39, 0.29) is 0 Å². The lowest BCUT2D eigenvalue weighted by Gasteiger charge is -2.12. The third-order valence-corrected chi connectivity index (χ3v) is 3.34. The summed E-state index contributed by atoms with van der Waals surface area (Å²) in [7, 11) is 1.18. The Hall–Kier alpha value is -1.35. The molecule has 90 valence electrons. The van der Waals surface area contributed by atoms with E-state index in [9.17, 15) is 9.59 Å². The maximum Gasteiger partial charge on any atom is 0.376 e. The highest BCUT2D eigenvalue weighted by Crippen LogP contribution is 2.43. The van der Waals surface area contributed by atoms with Gasteiger partial charge >= 0.3 is 5.97 Å². The van der Waals surface area contributed by atoms with E-state index >= 15 is 0 Å². The molecule has 0 N–H and O–H groups in total. The van der Waals surface area contributed by atoms with Crippen molar-refractivity contribution in [3.63, 3.8) is 0 Å². The van der Waals surface area contributed by atoms with Gasteiger partial charge in [0.25, 0.3) is 5.78 Å². The van der Waals surface area contributed by atoms with Crippen LogP contribution in [-0.2, 0) is 14.3 Å². The van der Waals surface area contributed by atoms with Gasteiger partial charge in [-0.25, -0.2) is 4.79 Å². The molecular weight excluding hydrogens is 240 g/mol. The number of methoxy groups -OCH3 is 1. The smallest absolute Gasteiger partial charge is 0.376 e. The van der Waals surface area contributed by atoms with Crippen LogP contribution in [0.4, 0.5) is 0 Å². The van der Waals surface area contributed by atoms with E-state index in [1.165, 1.54) is 7.11 Å². The molecule has 17 heavy (non-hydrogen) atoms. The van der Waals surface area contributed by atoms with Crippen LogP contribution in [0.2, 0.25) is 0 Å². The molecule has 0 bridgehead atoms. The standard InChI is InChI=1S/C13H13ClO3/c1-17-13(16)12(15)11(14)10-5-3-2-4-9(10)8-6-7-8/h2-5,8,11H,6-7H2,1H3. The van der Waals surface area contributed by atoms with Crippen LogP contribution < -0.4 is 0 Å². The number of Topliss-reactive ketones (excluding diaryl/α,β-unsaturated/α-hetero) is 1. The zero-order chi connectivity index (χ0) is 12.4.